The molecule has 0 N–H and O–H groups in total. The van der Waals surface area contributed by atoms with Crippen molar-refractivity contribution in [1.82, 2.24) is 14.7 Å². The lowest BCUT2D eigenvalue weighted by atomic mass is 10.1. The lowest BCUT2D eigenvalue weighted by Crippen LogP contribution is -2.49. The Morgan fingerprint density at radius 3 is 2.65 bits per heavy atom. The lowest BCUT2D eigenvalue weighted by Gasteiger charge is -2.39. The molecule has 2 rings (SSSR count). The molecule has 1 fully saturated rings. The predicted molar refractivity (Wildman–Crippen MR) is 68.3 cm³/mol. The van der Waals surface area contributed by atoms with Crippen molar-refractivity contribution in [3.05, 3.63) is 17.5 Å². The van der Waals surface area contributed by atoms with Crippen molar-refractivity contribution in [2.45, 2.75) is 39.8 Å². The molecule has 96 valence electrons. The van der Waals surface area contributed by atoms with Gasteiger partial charge in [0.25, 0.3) is 0 Å². The van der Waals surface area contributed by atoms with Crippen LogP contribution in [0.2, 0.25) is 0 Å². The number of likely N-dealkylation sites (tertiary alicyclic amines) is 1. The molecule has 4 heteroatoms. The summed E-state index contributed by atoms with van der Waals surface area (Å²) in [4.78, 5) is 2.42. The average molecular weight is 237 g/mol. The Morgan fingerprint density at radius 1 is 1.41 bits per heavy atom. The Morgan fingerprint density at radius 2 is 2.12 bits per heavy atom. The monoisotopic (exact) mass is 237 g/mol. The molecule has 0 atom stereocenters. The molecule has 0 aliphatic carbocycles. The molecule has 0 unspecified atom stereocenters. The van der Waals surface area contributed by atoms with Crippen LogP contribution >= 0.6 is 0 Å². The first-order chi connectivity index (χ1) is 8.06. The lowest BCUT2D eigenvalue weighted by molar-refractivity contribution is 0.0248. The van der Waals surface area contributed by atoms with Crippen LogP contribution in [0.5, 0.6) is 0 Å². The van der Waals surface area contributed by atoms with Gasteiger partial charge in [0.2, 0.25) is 0 Å². The highest BCUT2D eigenvalue weighted by Crippen LogP contribution is 2.22. The van der Waals surface area contributed by atoms with E-state index in [0.717, 1.165) is 31.9 Å². The predicted octanol–water partition coefficient (Wildman–Crippen LogP) is 1.78. The van der Waals surface area contributed by atoms with Gasteiger partial charge in [-0.3, -0.25) is 9.58 Å². The van der Waals surface area contributed by atoms with Gasteiger partial charge >= 0.3 is 0 Å². The molecular weight excluding hydrogens is 214 g/mol. The van der Waals surface area contributed by atoms with E-state index in [-0.39, 0.29) is 0 Å². The zero-order chi connectivity index (χ0) is 12.4. The number of aromatic nitrogens is 2. The third kappa shape index (κ3) is 3.07. The molecule has 0 radical (unpaired) electrons. The van der Waals surface area contributed by atoms with Crippen LogP contribution in [0.3, 0.4) is 0 Å². The SMILES string of the molecule is Cc1cc(C)n(C2CN(CCOC(C)C)C2)n1. The van der Waals surface area contributed by atoms with E-state index >= 15 is 0 Å². The number of nitrogens with zero attached hydrogens (tertiary/aromatic N) is 3. The summed E-state index contributed by atoms with van der Waals surface area (Å²) >= 11 is 0. The molecule has 0 bridgehead atoms. The second kappa shape index (κ2) is 5.19. The van der Waals surface area contributed by atoms with E-state index in [4.69, 9.17) is 4.74 Å². The zero-order valence-corrected chi connectivity index (χ0v) is 11.3. The van der Waals surface area contributed by atoms with Crippen molar-refractivity contribution >= 4 is 0 Å². The number of ether oxygens (including phenoxy) is 1. The highest BCUT2D eigenvalue weighted by molar-refractivity contribution is 5.09. The van der Waals surface area contributed by atoms with Gasteiger partial charge in [0, 0.05) is 25.3 Å². The fourth-order valence-electron chi connectivity index (χ4n) is 2.31. The summed E-state index contributed by atoms with van der Waals surface area (Å²) in [7, 11) is 0. The minimum absolute atomic E-state index is 0.336. The van der Waals surface area contributed by atoms with Crippen molar-refractivity contribution in [2.24, 2.45) is 0 Å². The highest BCUT2D eigenvalue weighted by atomic mass is 16.5. The summed E-state index contributed by atoms with van der Waals surface area (Å²) in [6.45, 7) is 12.4. The first-order valence-electron chi connectivity index (χ1n) is 6.43. The van der Waals surface area contributed by atoms with Gasteiger partial charge < -0.3 is 4.74 Å². The van der Waals surface area contributed by atoms with Crippen LogP contribution in [0.25, 0.3) is 0 Å². The molecule has 4 nitrogen and oxygen atoms in total. The van der Waals surface area contributed by atoms with E-state index < -0.39 is 0 Å². The number of hydrogen-bond donors (Lipinski definition) is 0. The molecule has 0 aromatic carbocycles. The van der Waals surface area contributed by atoms with Crippen molar-refractivity contribution in [2.75, 3.05) is 26.2 Å². The van der Waals surface area contributed by atoms with Crippen LogP contribution in [0, 0.1) is 13.8 Å². The molecule has 2 heterocycles. The van der Waals surface area contributed by atoms with Gasteiger partial charge in [0.15, 0.2) is 0 Å². The Hall–Kier alpha value is -0.870. The van der Waals surface area contributed by atoms with Gasteiger partial charge in [0.1, 0.15) is 0 Å². The largest absolute Gasteiger partial charge is 0.377 e. The Labute approximate surface area is 104 Å². The van der Waals surface area contributed by atoms with Crippen molar-refractivity contribution in [3.8, 4) is 0 Å². The topological polar surface area (TPSA) is 30.3 Å². The zero-order valence-electron chi connectivity index (χ0n) is 11.3. The molecule has 17 heavy (non-hydrogen) atoms. The highest BCUT2D eigenvalue weighted by Gasteiger charge is 2.29. The summed E-state index contributed by atoms with van der Waals surface area (Å²) < 4.78 is 7.71. The van der Waals surface area contributed by atoms with Crippen molar-refractivity contribution in [3.63, 3.8) is 0 Å². The van der Waals surface area contributed by atoms with Gasteiger partial charge in [-0.25, -0.2) is 0 Å². The number of aryl methyl sites for hydroxylation is 2. The third-order valence-electron chi connectivity index (χ3n) is 3.19. The first kappa shape index (κ1) is 12.6. The molecule has 1 aliphatic rings. The third-order valence-corrected chi connectivity index (χ3v) is 3.19. The van der Waals surface area contributed by atoms with Crippen LogP contribution in [0.4, 0.5) is 0 Å². The van der Waals surface area contributed by atoms with Crippen LogP contribution < -0.4 is 0 Å². The second-order valence-electron chi connectivity index (χ2n) is 5.20. The molecule has 0 amide bonds. The fourth-order valence-corrected chi connectivity index (χ4v) is 2.31. The molecule has 1 saturated heterocycles. The molecular formula is C13H23N3O. The molecule has 1 aliphatic heterocycles. The Balaban J connectivity index is 1.73. The van der Waals surface area contributed by atoms with Crippen LogP contribution in [-0.2, 0) is 4.74 Å². The minimum Gasteiger partial charge on any atom is -0.377 e. The minimum atomic E-state index is 0.336. The molecule has 1 aromatic rings. The summed E-state index contributed by atoms with van der Waals surface area (Å²) in [5.74, 6) is 0. The van der Waals surface area contributed by atoms with Crippen LogP contribution in [0.1, 0.15) is 31.3 Å². The quantitative estimate of drug-likeness (QED) is 0.782. The maximum absolute atomic E-state index is 5.55. The summed E-state index contributed by atoms with van der Waals surface area (Å²) in [5.41, 5.74) is 2.38. The molecule has 0 saturated carbocycles. The van der Waals surface area contributed by atoms with E-state index in [9.17, 15) is 0 Å². The summed E-state index contributed by atoms with van der Waals surface area (Å²) in [6.07, 6.45) is 0.336. The second-order valence-corrected chi connectivity index (χ2v) is 5.20. The van der Waals surface area contributed by atoms with Crippen molar-refractivity contribution in [1.29, 1.82) is 0 Å². The Bertz CT molecular complexity index is 367. The van der Waals surface area contributed by atoms with Gasteiger partial charge in [0.05, 0.1) is 24.4 Å². The summed E-state index contributed by atoms with van der Waals surface area (Å²) in [5, 5.41) is 4.53. The first-order valence-corrected chi connectivity index (χ1v) is 6.43. The standard InChI is InChI=1S/C13H23N3O/c1-10(2)17-6-5-15-8-13(9-15)16-12(4)7-11(3)14-16/h7,10,13H,5-6,8-9H2,1-4H3. The fraction of sp³-hybridized carbons (Fsp3) is 0.769. The van der Waals surface area contributed by atoms with E-state index in [2.05, 4.69) is 48.4 Å². The molecule has 0 spiro atoms. The number of rotatable bonds is 5. The Kier molecular flexibility index (Phi) is 3.84. The normalized spacial score (nSPS) is 17.7. The van der Waals surface area contributed by atoms with E-state index in [1.807, 2.05) is 0 Å². The van der Waals surface area contributed by atoms with Gasteiger partial charge in [-0.05, 0) is 33.8 Å². The van der Waals surface area contributed by atoms with Gasteiger partial charge in [-0.2, -0.15) is 5.10 Å². The number of hydrogen-bond acceptors (Lipinski definition) is 3. The van der Waals surface area contributed by atoms with E-state index in [0.29, 0.717) is 12.1 Å². The van der Waals surface area contributed by atoms with Gasteiger partial charge in [-0.15, -0.1) is 0 Å². The van der Waals surface area contributed by atoms with E-state index in [1.54, 1.807) is 0 Å². The summed E-state index contributed by atoms with van der Waals surface area (Å²) in [6, 6.07) is 2.70. The van der Waals surface area contributed by atoms with E-state index in [1.165, 1.54) is 5.69 Å². The maximum Gasteiger partial charge on any atom is 0.0775 e. The van der Waals surface area contributed by atoms with Crippen LogP contribution in [-0.4, -0.2) is 47.0 Å². The van der Waals surface area contributed by atoms with Gasteiger partial charge in [-0.1, -0.05) is 0 Å². The average Bonchev–Trinajstić information content (AvgIpc) is 2.48. The van der Waals surface area contributed by atoms with Crippen LogP contribution in [0.15, 0.2) is 6.07 Å². The molecule has 1 aromatic heterocycles. The maximum atomic E-state index is 5.55. The van der Waals surface area contributed by atoms with Crippen molar-refractivity contribution < 1.29 is 4.74 Å². The smallest absolute Gasteiger partial charge is 0.0775 e.